The maximum atomic E-state index is 10.4. The first kappa shape index (κ1) is 10.1. The number of rotatable bonds is 1. The van der Waals surface area contributed by atoms with E-state index in [1.54, 1.807) is 0 Å². The summed E-state index contributed by atoms with van der Waals surface area (Å²) in [7, 11) is 0. The van der Waals surface area contributed by atoms with E-state index in [2.05, 4.69) is 0 Å². The lowest BCUT2D eigenvalue weighted by Gasteiger charge is -2.29. The smallest absolute Gasteiger partial charge is 0.216 e. The predicted molar refractivity (Wildman–Crippen MR) is 48.5 cm³/mol. The average Bonchev–Trinajstić information content (AvgIpc) is 1.99. The highest BCUT2D eigenvalue weighted by atomic mass is 35.5. The van der Waals surface area contributed by atoms with E-state index >= 15 is 0 Å². The monoisotopic (exact) mass is 211 g/mol. The maximum absolute atomic E-state index is 10.4. The van der Waals surface area contributed by atoms with Gasteiger partial charge < -0.3 is 0 Å². The van der Waals surface area contributed by atoms with Crippen LogP contribution in [0.5, 0.6) is 0 Å². The molecule has 0 saturated heterocycles. The molecule has 5 heteroatoms. The number of nitro groups is 1. The van der Waals surface area contributed by atoms with E-state index < -0.39 is 6.04 Å². The number of hydrogen-bond acceptors (Lipinski definition) is 2. The van der Waals surface area contributed by atoms with Crippen molar-refractivity contribution in [1.29, 1.82) is 0 Å². The van der Waals surface area contributed by atoms with Crippen molar-refractivity contribution < 1.29 is 4.92 Å². The van der Waals surface area contributed by atoms with Crippen molar-refractivity contribution in [3.8, 4) is 0 Å². The van der Waals surface area contributed by atoms with Gasteiger partial charge in [-0.1, -0.05) is 6.92 Å². The Hall–Kier alpha value is -0.0200. The molecule has 1 aliphatic carbocycles. The van der Waals surface area contributed by atoms with Gasteiger partial charge in [0, 0.05) is 28.5 Å². The molecule has 0 spiro atoms. The van der Waals surface area contributed by atoms with Gasteiger partial charge in [0.05, 0.1) is 0 Å². The van der Waals surface area contributed by atoms with Crippen LogP contribution in [0.25, 0.3) is 0 Å². The third-order valence-electron chi connectivity index (χ3n) is 2.43. The van der Waals surface area contributed by atoms with E-state index in [1.165, 1.54) is 0 Å². The first-order chi connectivity index (χ1) is 5.52. The molecule has 0 aromatic carbocycles. The Labute approximate surface area is 81.2 Å². The Morgan fingerprint density at radius 2 is 1.75 bits per heavy atom. The lowest BCUT2D eigenvalue weighted by molar-refractivity contribution is -0.526. The van der Waals surface area contributed by atoms with Gasteiger partial charge in [-0.2, -0.15) is 0 Å². The second-order valence-electron chi connectivity index (χ2n) is 3.30. The third kappa shape index (κ3) is 2.02. The van der Waals surface area contributed by atoms with Crippen LogP contribution in [-0.2, 0) is 0 Å². The molecule has 0 aromatic rings. The molecule has 1 aliphatic rings. The quantitative estimate of drug-likeness (QED) is 0.380. The molecule has 0 bridgehead atoms. The van der Waals surface area contributed by atoms with Gasteiger partial charge in [-0.05, 0) is 5.92 Å². The number of nitrogens with zero attached hydrogens (tertiary/aromatic N) is 1. The van der Waals surface area contributed by atoms with E-state index in [-0.39, 0.29) is 21.6 Å². The van der Waals surface area contributed by atoms with Crippen molar-refractivity contribution in [2.75, 3.05) is 0 Å². The van der Waals surface area contributed by atoms with E-state index in [9.17, 15) is 10.1 Å². The summed E-state index contributed by atoms with van der Waals surface area (Å²) in [4.78, 5) is 10.2. The van der Waals surface area contributed by atoms with Crippen molar-refractivity contribution in [3.63, 3.8) is 0 Å². The van der Waals surface area contributed by atoms with Crippen LogP contribution >= 0.6 is 23.2 Å². The van der Waals surface area contributed by atoms with Gasteiger partial charge in [-0.25, -0.2) is 0 Å². The molecule has 0 aliphatic heterocycles. The topological polar surface area (TPSA) is 43.1 Å². The molecule has 1 saturated carbocycles. The lowest BCUT2D eigenvalue weighted by atomic mass is 9.87. The Morgan fingerprint density at radius 1 is 1.33 bits per heavy atom. The Balaban J connectivity index is 2.59. The van der Waals surface area contributed by atoms with Crippen LogP contribution in [0.2, 0.25) is 0 Å². The average molecular weight is 212 g/mol. The highest BCUT2D eigenvalue weighted by Gasteiger charge is 2.38. The minimum Gasteiger partial charge on any atom is -0.264 e. The molecule has 0 amide bonds. The fourth-order valence-corrected chi connectivity index (χ4v) is 2.28. The Morgan fingerprint density at radius 3 is 2.08 bits per heavy atom. The second-order valence-corrected chi connectivity index (χ2v) is 4.42. The minimum absolute atomic E-state index is 0.156. The molecule has 0 radical (unpaired) electrons. The molecule has 1 fully saturated rings. The summed E-state index contributed by atoms with van der Waals surface area (Å²) in [5, 5.41) is 10.1. The summed E-state index contributed by atoms with van der Waals surface area (Å²) < 4.78 is 0. The number of alkyl halides is 2. The van der Waals surface area contributed by atoms with Crippen LogP contribution in [0.3, 0.4) is 0 Å². The van der Waals surface area contributed by atoms with Gasteiger partial charge in [0.15, 0.2) is 0 Å². The molecule has 3 nitrogen and oxygen atoms in total. The van der Waals surface area contributed by atoms with E-state index in [4.69, 9.17) is 23.2 Å². The van der Waals surface area contributed by atoms with Crippen molar-refractivity contribution in [2.24, 2.45) is 5.92 Å². The first-order valence-corrected chi connectivity index (χ1v) is 4.81. The van der Waals surface area contributed by atoms with Crippen LogP contribution in [0.4, 0.5) is 0 Å². The third-order valence-corrected chi connectivity index (χ3v) is 3.58. The summed E-state index contributed by atoms with van der Waals surface area (Å²) in [5.41, 5.74) is 0. The molecule has 2 unspecified atom stereocenters. The highest BCUT2D eigenvalue weighted by Crippen LogP contribution is 2.33. The first-order valence-electron chi connectivity index (χ1n) is 3.94. The fourth-order valence-electron chi connectivity index (χ4n) is 1.44. The zero-order valence-electron chi connectivity index (χ0n) is 6.74. The summed E-state index contributed by atoms with van der Waals surface area (Å²) in [6.45, 7) is 1.94. The van der Waals surface area contributed by atoms with Crippen molar-refractivity contribution in [3.05, 3.63) is 10.1 Å². The van der Waals surface area contributed by atoms with Crippen LogP contribution in [-0.4, -0.2) is 21.7 Å². The molecule has 2 atom stereocenters. The number of hydrogen-bond donors (Lipinski definition) is 0. The van der Waals surface area contributed by atoms with E-state index in [0.717, 1.165) is 0 Å². The van der Waals surface area contributed by atoms with Crippen LogP contribution in [0.15, 0.2) is 0 Å². The molecule has 0 heterocycles. The summed E-state index contributed by atoms with van der Waals surface area (Å²) in [5.74, 6) is 0.171. The zero-order chi connectivity index (χ0) is 9.30. The molecule has 1 rings (SSSR count). The van der Waals surface area contributed by atoms with Crippen LogP contribution < -0.4 is 0 Å². The van der Waals surface area contributed by atoms with Gasteiger partial charge in [0.2, 0.25) is 6.04 Å². The predicted octanol–water partition coefficient (Wildman–Crippen LogP) is 2.28. The highest BCUT2D eigenvalue weighted by molar-refractivity contribution is 6.24. The molecular weight excluding hydrogens is 201 g/mol. The second kappa shape index (κ2) is 3.79. The summed E-state index contributed by atoms with van der Waals surface area (Å²) >= 11 is 11.8. The SMILES string of the molecule is CC1C(Cl)CC([N+](=O)[O-])CC1Cl. The Kier molecular flexibility index (Phi) is 3.18. The van der Waals surface area contributed by atoms with E-state index in [0.29, 0.717) is 12.8 Å². The maximum Gasteiger partial charge on any atom is 0.216 e. The molecule has 12 heavy (non-hydrogen) atoms. The Bertz CT molecular complexity index is 176. The zero-order valence-corrected chi connectivity index (χ0v) is 8.26. The van der Waals surface area contributed by atoms with Gasteiger partial charge in [-0.15, -0.1) is 23.2 Å². The number of halogens is 2. The largest absolute Gasteiger partial charge is 0.264 e. The summed E-state index contributed by atoms with van der Waals surface area (Å²) in [6.07, 6.45) is 0.887. The fraction of sp³-hybridized carbons (Fsp3) is 1.00. The van der Waals surface area contributed by atoms with E-state index in [1.807, 2.05) is 6.92 Å². The molecule has 0 N–H and O–H groups in total. The van der Waals surface area contributed by atoms with Crippen molar-refractivity contribution in [2.45, 2.75) is 36.6 Å². The molecule has 70 valence electrons. The standard InChI is InChI=1S/C7H11Cl2NO2/c1-4-6(8)2-5(10(11)12)3-7(4)9/h4-7H,2-3H2,1H3. The van der Waals surface area contributed by atoms with Gasteiger partial charge in [0.1, 0.15) is 0 Å². The van der Waals surface area contributed by atoms with Crippen LogP contribution in [0, 0.1) is 16.0 Å². The van der Waals surface area contributed by atoms with Gasteiger partial charge in [0.25, 0.3) is 0 Å². The minimum atomic E-state index is -0.550. The molecule has 0 aromatic heterocycles. The molecular formula is C7H11Cl2NO2. The normalized spacial score (nSPS) is 42.6. The van der Waals surface area contributed by atoms with Gasteiger partial charge in [-0.3, -0.25) is 10.1 Å². The van der Waals surface area contributed by atoms with Crippen molar-refractivity contribution in [1.82, 2.24) is 0 Å². The lowest BCUT2D eigenvalue weighted by Crippen LogP contribution is -2.38. The van der Waals surface area contributed by atoms with Gasteiger partial charge >= 0.3 is 0 Å². The van der Waals surface area contributed by atoms with Crippen LogP contribution in [0.1, 0.15) is 19.8 Å². The van der Waals surface area contributed by atoms with Crippen molar-refractivity contribution >= 4 is 23.2 Å². The summed E-state index contributed by atoms with van der Waals surface area (Å²) in [6, 6.07) is -0.550.